The molecule has 110 valence electrons. The van der Waals surface area contributed by atoms with Crippen LogP contribution in [-0.2, 0) is 9.59 Å². The van der Waals surface area contributed by atoms with Crippen LogP contribution in [0.25, 0.3) is 0 Å². The number of thiophene rings is 1. The van der Waals surface area contributed by atoms with Crippen molar-refractivity contribution in [3.05, 3.63) is 22.4 Å². The van der Waals surface area contributed by atoms with Crippen LogP contribution >= 0.6 is 23.1 Å². The minimum atomic E-state index is -0.382. The quantitative estimate of drug-likeness (QED) is 0.909. The van der Waals surface area contributed by atoms with Gasteiger partial charge in [-0.15, -0.1) is 11.8 Å². The molecule has 2 atom stereocenters. The van der Waals surface area contributed by atoms with Gasteiger partial charge in [-0.1, -0.05) is 13.8 Å². The number of rotatable bonds is 5. The number of nitrogens with zero attached hydrogens (tertiary/aromatic N) is 1. The van der Waals surface area contributed by atoms with E-state index in [1.54, 1.807) is 35.0 Å². The average molecular weight is 312 g/mol. The fraction of sp³-hybridized carbons (Fsp3) is 0.571. The average Bonchev–Trinajstić information content (AvgIpc) is 3.04. The minimum Gasteiger partial charge on any atom is -0.357 e. The zero-order chi connectivity index (χ0) is 14.7. The van der Waals surface area contributed by atoms with Crippen LogP contribution in [-0.4, -0.2) is 35.6 Å². The molecule has 1 aromatic heterocycles. The molecule has 1 N–H and O–H groups in total. The van der Waals surface area contributed by atoms with E-state index in [1.165, 1.54) is 0 Å². The van der Waals surface area contributed by atoms with Crippen molar-refractivity contribution >= 4 is 34.9 Å². The Hall–Kier alpha value is -1.01. The molecule has 1 aromatic rings. The second-order valence-corrected chi connectivity index (χ2v) is 7.13. The van der Waals surface area contributed by atoms with Gasteiger partial charge in [0.05, 0.1) is 5.75 Å². The Labute approximate surface area is 127 Å². The molecule has 0 bridgehead atoms. The molecular weight excluding hydrogens is 292 g/mol. The van der Waals surface area contributed by atoms with Crippen LogP contribution in [0.4, 0.5) is 0 Å². The largest absolute Gasteiger partial charge is 0.357 e. The van der Waals surface area contributed by atoms with Crippen molar-refractivity contribution < 1.29 is 9.59 Å². The highest BCUT2D eigenvalue weighted by atomic mass is 32.2. The zero-order valence-corrected chi connectivity index (χ0v) is 13.6. The lowest BCUT2D eigenvalue weighted by Crippen LogP contribution is -2.48. The molecule has 0 radical (unpaired) electrons. The third-order valence-electron chi connectivity index (χ3n) is 3.31. The SMILES string of the molecule is CNC(=O)[C@@H](CC(C)C)N1C(=O)CS[C@@H]1c1ccsc1. The maximum absolute atomic E-state index is 12.3. The van der Waals surface area contributed by atoms with E-state index in [9.17, 15) is 9.59 Å². The number of hydrogen-bond donors (Lipinski definition) is 1. The van der Waals surface area contributed by atoms with Gasteiger partial charge < -0.3 is 10.2 Å². The summed E-state index contributed by atoms with van der Waals surface area (Å²) in [5.41, 5.74) is 1.11. The number of amides is 2. The Bertz CT molecular complexity index is 474. The van der Waals surface area contributed by atoms with Crippen molar-refractivity contribution in [2.24, 2.45) is 5.92 Å². The van der Waals surface area contributed by atoms with E-state index < -0.39 is 0 Å². The molecule has 0 aliphatic carbocycles. The minimum absolute atomic E-state index is 0.0326. The molecule has 1 fully saturated rings. The van der Waals surface area contributed by atoms with E-state index in [0.717, 1.165) is 5.56 Å². The van der Waals surface area contributed by atoms with Gasteiger partial charge in [-0.05, 0) is 34.7 Å². The van der Waals surface area contributed by atoms with Crippen LogP contribution in [0.15, 0.2) is 16.8 Å². The smallest absolute Gasteiger partial charge is 0.242 e. The lowest BCUT2D eigenvalue weighted by Gasteiger charge is -2.32. The molecular formula is C14H20N2O2S2. The Kier molecular flexibility index (Phi) is 5.10. The maximum Gasteiger partial charge on any atom is 0.242 e. The molecule has 0 unspecified atom stereocenters. The number of nitrogens with one attached hydrogen (secondary N) is 1. The Morgan fingerprint density at radius 2 is 2.30 bits per heavy atom. The normalized spacial score (nSPS) is 20.5. The standard InChI is InChI=1S/C14H20N2O2S2/c1-9(2)6-11(13(18)15-3)16-12(17)8-20-14(16)10-4-5-19-7-10/h4-5,7,9,11,14H,6,8H2,1-3H3,(H,15,18)/t11-,14-/m1/s1. The highest BCUT2D eigenvalue weighted by Gasteiger charge is 2.40. The van der Waals surface area contributed by atoms with Gasteiger partial charge in [0.25, 0.3) is 0 Å². The Morgan fingerprint density at radius 1 is 1.55 bits per heavy atom. The topological polar surface area (TPSA) is 49.4 Å². The summed E-state index contributed by atoms with van der Waals surface area (Å²) in [6.07, 6.45) is 0.687. The lowest BCUT2D eigenvalue weighted by molar-refractivity contribution is -0.139. The monoisotopic (exact) mass is 312 g/mol. The van der Waals surface area contributed by atoms with Gasteiger partial charge in [-0.3, -0.25) is 9.59 Å². The highest BCUT2D eigenvalue weighted by molar-refractivity contribution is 8.00. The van der Waals surface area contributed by atoms with Gasteiger partial charge in [-0.2, -0.15) is 11.3 Å². The van der Waals surface area contributed by atoms with Crippen LogP contribution in [0, 0.1) is 5.92 Å². The molecule has 0 saturated carbocycles. The summed E-state index contributed by atoms with van der Waals surface area (Å²) < 4.78 is 0. The van der Waals surface area contributed by atoms with Gasteiger partial charge in [0.15, 0.2) is 0 Å². The highest BCUT2D eigenvalue weighted by Crippen LogP contribution is 2.41. The number of likely N-dealkylation sites (N-methyl/N-ethyl adjacent to an activating group) is 1. The van der Waals surface area contributed by atoms with E-state index in [-0.39, 0.29) is 23.2 Å². The molecule has 6 heteroatoms. The summed E-state index contributed by atoms with van der Waals surface area (Å²) in [4.78, 5) is 26.2. The summed E-state index contributed by atoms with van der Waals surface area (Å²) in [5, 5.41) is 6.72. The predicted molar refractivity (Wildman–Crippen MR) is 83.7 cm³/mol. The van der Waals surface area contributed by atoms with Crippen molar-refractivity contribution in [3.8, 4) is 0 Å². The number of hydrogen-bond acceptors (Lipinski definition) is 4. The number of carbonyl (C=O) groups is 2. The summed E-state index contributed by atoms with van der Waals surface area (Å²) >= 11 is 3.22. The first-order chi connectivity index (χ1) is 9.54. The molecule has 4 nitrogen and oxygen atoms in total. The van der Waals surface area contributed by atoms with Gasteiger partial charge >= 0.3 is 0 Å². The molecule has 2 rings (SSSR count). The van der Waals surface area contributed by atoms with E-state index in [1.807, 2.05) is 11.4 Å². The first-order valence-electron chi connectivity index (χ1n) is 6.71. The summed E-state index contributed by atoms with van der Waals surface area (Å²) in [6.45, 7) is 4.15. The van der Waals surface area contributed by atoms with Crippen LogP contribution in [0.5, 0.6) is 0 Å². The fourth-order valence-electron chi connectivity index (χ4n) is 2.41. The molecule has 1 saturated heterocycles. The van der Waals surface area contributed by atoms with Crippen LogP contribution in [0.3, 0.4) is 0 Å². The molecule has 0 spiro atoms. The van der Waals surface area contributed by atoms with Gasteiger partial charge in [0.1, 0.15) is 11.4 Å². The van der Waals surface area contributed by atoms with Crippen molar-refractivity contribution in [1.29, 1.82) is 0 Å². The van der Waals surface area contributed by atoms with E-state index in [4.69, 9.17) is 0 Å². The maximum atomic E-state index is 12.3. The van der Waals surface area contributed by atoms with Crippen molar-refractivity contribution in [2.45, 2.75) is 31.7 Å². The summed E-state index contributed by atoms with van der Waals surface area (Å²) in [6, 6.07) is 1.65. The third kappa shape index (κ3) is 3.17. The van der Waals surface area contributed by atoms with Gasteiger partial charge in [0.2, 0.25) is 11.8 Å². The Balaban J connectivity index is 2.28. The lowest BCUT2D eigenvalue weighted by atomic mass is 10.0. The zero-order valence-electron chi connectivity index (χ0n) is 12.0. The molecule has 2 amide bonds. The molecule has 1 aliphatic heterocycles. The van der Waals surface area contributed by atoms with E-state index in [2.05, 4.69) is 24.5 Å². The molecule has 20 heavy (non-hydrogen) atoms. The van der Waals surface area contributed by atoms with Gasteiger partial charge in [-0.25, -0.2) is 0 Å². The van der Waals surface area contributed by atoms with Crippen molar-refractivity contribution in [2.75, 3.05) is 12.8 Å². The fourth-order valence-corrected chi connectivity index (χ4v) is 4.38. The second-order valence-electron chi connectivity index (χ2n) is 5.28. The van der Waals surface area contributed by atoms with E-state index >= 15 is 0 Å². The van der Waals surface area contributed by atoms with Crippen LogP contribution in [0.1, 0.15) is 31.2 Å². The Morgan fingerprint density at radius 3 is 2.85 bits per heavy atom. The number of carbonyl (C=O) groups excluding carboxylic acids is 2. The third-order valence-corrected chi connectivity index (χ3v) is 5.24. The summed E-state index contributed by atoms with van der Waals surface area (Å²) in [5.74, 6) is 0.792. The molecule has 2 heterocycles. The van der Waals surface area contributed by atoms with E-state index in [0.29, 0.717) is 18.1 Å². The number of thioether (sulfide) groups is 1. The molecule has 0 aromatic carbocycles. The van der Waals surface area contributed by atoms with Crippen LogP contribution in [0.2, 0.25) is 0 Å². The van der Waals surface area contributed by atoms with Crippen molar-refractivity contribution in [1.82, 2.24) is 10.2 Å². The summed E-state index contributed by atoms with van der Waals surface area (Å²) in [7, 11) is 1.63. The van der Waals surface area contributed by atoms with Crippen molar-refractivity contribution in [3.63, 3.8) is 0 Å². The first kappa shape index (κ1) is 15.4. The molecule has 1 aliphatic rings. The first-order valence-corrected chi connectivity index (χ1v) is 8.70. The van der Waals surface area contributed by atoms with Crippen LogP contribution < -0.4 is 5.32 Å². The predicted octanol–water partition coefficient (Wildman–Crippen LogP) is 2.48. The van der Waals surface area contributed by atoms with Gasteiger partial charge in [0, 0.05) is 7.05 Å². The second kappa shape index (κ2) is 6.63.